The number of aromatic hydroxyl groups is 4. The minimum absolute atomic E-state index is 0.0340. The van der Waals surface area contributed by atoms with Crippen LogP contribution in [0.4, 0.5) is 0 Å². The molecule has 40 heavy (non-hydrogen) atoms. The Hall–Kier alpha value is -4.18. The normalized spacial score (nSPS) is 24.9. The van der Waals surface area contributed by atoms with Crippen LogP contribution in [0, 0.1) is 10.8 Å². The predicted octanol–water partition coefficient (Wildman–Crippen LogP) is 6.99. The van der Waals surface area contributed by atoms with Crippen molar-refractivity contribution in [2.75, 3.05) is 0 Å². The first-order valence-corrected chi connectivity index (χ1v) is 14.1. The predicted molar refractivity (Wildman–Crippen MR) is 157 cm³/mol. The second kappa shape index (κ2) is 8.66. The molecular formula is C36H34O4. The van der Waals surface area contributed by atoms with Crippen LogP contribution in [0.5, 0.6) is 23.0 Å². The molecule has 3 unspecified atom stereocenters. The van der Waals surface area contributed by atoms with E-state index in [2.05, 4.69) is 25.6 Å². The zero-order chi connectivity index (χ0) is 27.8. The first-order chi connectivity index (χ1) is 19.1. The van der Waals surface area contributed by atoms with Gasteiger partial charge in [-0.15, -0.1) is 0 Å². The van der Waals surface area contributed by atoms with Crippen molar-refractivity contribution in [1.82, 2.24) is 0 Å². The standard InChI is InChI=1S/C18H18O2.C18H16O2/c2*1-11-17-5-4-16(20)7-14(17)10-18(11)8-12-2-3-15(19)6-13(12)9-18/h2-7,11,19-20H,8-10H2,1H3;2-7,19-20H,1,8-10H2. The average Bonchev–Trinajstić information content (AvgIpc) is 3.60. The summed E-state index contributed by atoms with van der Waals surface area (Å²) in [6.07, 6.45) is 5.92. The molecule has 4 nitrogen and oxygen atoms in total. The molecule has 0 aliphatic heterocycles. The molecule has 4 N–H and O–H groups in total. The quantitative estimate of drug-likeness (QED) is 0.197. The van der Waals surface area contributed by atoms with E-state index in [0.717, 1.165) is 38.5 Å². The van der Waals surface area contributed by atoms with Gasteiger partial charge in [-0.2, -0.15) is 0 Å². The Bertz CT molecular complexity index is 1690. The number of phenols is 4. The van der Waals surface area contributed by atoms with Gasteiger partial charge in [-0.25, -0.2) is 0 Å². The summed E-state index contributed by atoms with van der Waals surface area (Å²) in [5.41, 5.74) is 11.6. The van der Waals surface area contributed by atoms with Crippen LogP contribution in [0.2, 0.25) is 0 Å². The van der Waals surface area contributed by atoms with Crippen molar-refractivity contribution in [2.45, 2.75) is 51.4 Å². The van der Waals surface area contributed by atoms with Gasteiger partial charge >= 0.3 is 0 Å². The average molecular weight is 531 g/mol. The smallest absolute Gasteiger partial charge is 0.115 e. The van der Waals surface area contributed by atoms with Gasteiger partial charge in [-0.1, -0.05) is 37.8 Å². The summed E-state index contributed by atoms with van der Waals surface area (Å²) in [6.45, 7) is 6.62. The molecule has 4 aromatic rings. The lowest BCUT2D eigenvalue weighted by molar-refractivity contribution is 0.273. The van der Waals surface area contributed by atoms with Crippen LogP contribution >= 0.6 is 0 Å². The lowest BCUT2D eigenvalue weighted by atomic mass is 9.74. The second-order valence-electron chi connectivity index (χ2n) is 12.5. The Labute approximate surface area is 234 Å². The zero-order valence-electron chi connectivity index (χ0n) is 22.7. The Morgan fingerprint density at radius 2 is 1.00 bits per heavy atom. The van der Waals surface area contributed by atoms with Crippen LogP contribution in [0.15, 0.2) is 79.4 Å². The maximum Gasteiger partial charge on any atom is 0.115 e. The Morgan fingerprint density at radius 1 is 0.550 bits per heavy atom. The van der Waals surface area contributed by atoms with Gasteiger partial charge in [0.1, 0.15) is 23.0 Å². The van der Waals surface area contributed by atoms with Gasteiger partial charge in [0.2, 0.25) is 0 Å². The van der Waals surface area contributed by atoms with Crippen molar-refractivity contribution in [3.05, 3.63) is 124 Å². The van der Waals surface area contributed by atoms with E-state index in [1.54, 1.807) is 24.3 Å². The fourth-order valence-corrected chi connectivity index (χ4v) is 8.09. The van der Waals surface area contributed by atoms with E-state index in [-0.39, 0.29) is 10.8 Å². The molecule has 0 radical (unpaired) electrons. The summed E-state index contributed by atoms with van der Waals surface area (Å²) in [5.74, 6) is 1.87. The monoisotopic (exact) mass is 530 g/mol. The molecule has 4 aliphatic rings. The molecule has 0 bridgehead atoms. The number of rotatable bonds is 0. The molecule has 2 spiro atoms. The number of hydrogen-bond acceptors (Lipinski definition) is 4. The third-order valence-corrected chi connectivity index (χ3v) is 10.2. The molecule has 8 rings (SSSR count). The summed E-state index contributed by atoms with van der Waals surface area (Å²) in [6, 6.07) is 22.8. The van der Waals surface area contributed by atoms with Gasteiger partial charge in [0.15, 0.2) is 0 Å². The van der Waals surface area contributed by atoms with E-state index in [0.29, 0.717) is 28.9 Å². The third-order valence-electron chi connectivity index (χ3n) is 10.2. The highest BCUT2D eigenvalue weighted by Crippen LogP contribution is 2.56. The van der Waals surface area contributed by atoms with Crippen LogP contribution in [-0.4, -0.2) is 20.4 Å². The molecule has 4 heteroatoms. The molecule has 0 aromatic heterocycles. The molecule has 4 aromatic carbocycles. The summed E-state index contributed by atoms with van der Waals surface area (Å²) in [4.78, 5) is 0. The van der Waals surface area contributed by atoms with Crippen LogP contribution in [0.1, 0.15) is 57.3 Å². The van der Waals surface area contributed by atoms with Crippen molar-refractivity contribution in [3.63, 3.8) is 0 Å². The first kappa shape index (κ1) is 24.8. The largest absolute Gasteiger partial charge is 0.508 e. The van der Waals surface area contributed by atoms with Gasteiger partial charge in [0.25, 0.3) is 0 Å². The fourth-order valence-electron chi connectivity index (χ4n) is 8.09. The topological polar surface area (TPSA) is 80.9 Å². The summed E-state index contributed by atoms with van der Waals surface area (Å²) in [5, 5.41) is 38.7. The molecule has 0 saturated carbocycles. The Balaban J connectivity index is 0.000000132. The maximum atomic E-state index is 9.69. The van der Waals surface area contributed by atoms with E-state index < -0.39 is 0 Å². The van der Waals surface area contributed by atoms with Crippen LogP contribution in [0.25, 0.3) is 5.57 Å². The minimum atomic E-state index is 0.0340. The number of benzene rings is 4. The minimum Gasteiger partial charge on any atom is -0.508 e. The van der Waals surface area contributed by atoms with E-state index >= 15 is 0 Å². The SMILES string of the molecule is C=C1c2ccc(O)cc2CC12Cc1ccc(O)cc1C2.CC1c2ccc(O)cc2CC12Cc1ccc(O)cc1C2. The van der Waals surface area contributed by atoms with E-state index in [9.17, 15) is 20.4 Å². The van der Waals surface area contributed by atoms with Crippen molar-refractivity contribution in [1.29, 1.82) is 0 Å². The summed E-state index contributed by atoms with van der Waals surface area (Å²) >= 11 is 0. The highest BCUT2D eigenvalue weighted by atomic mass is 16.3. The van der Waals surface area contributed by atoms with Gasteiger partial charge < -0.3 is 20.4 Å². The number of hydrogen-bond donors (Lipinski definition) is 4. The molecular weight excluding hydrogens is 496 g/mol. The highest BCUT2D eigenvalue weighted by Gasteiger charge is 2.47. The highest BCUT2D eigenvalue weighted by molar-refractivity contribution is 5.78. The lowest BCUT2D eigenvalue weighted by Gasteiger charge is -2.29. The second-order valence-corrected chi connectivity index (χ2v) is 12.5. The molecule has 0 amide bonds. The number of allylic oxidation sites excluding steroid dienone is 1. The fraction of sp³-hybridized carbons (Fsp3) is 0.278. The Kier molecular flexibility index (Phi) is 5.38. The molecule has 202 valence electrons. The van der Waals surface area contributed by atoms with Crippen molar-refractivity contribution >= 4 is 5.57 Å². The van der Waals surface area contributed by atoms with Crippen molar-refractivity contribution in [3.8, 4) is 23.0 Å². The van der Waals surface area contributed by atoms with Crippen molar-refractivity contribution < 1.29 is 20.4 Å². The molecule has 3 atom stereocenters. The van der Waals surface area contributed by atoms with Crippen LogP contribution in [-0.2, 0) is 38.5 Å². The Morgan fingerprint density at radius 3 is 1.70 bits per heavy atom. The van der Waals surface area contributed by atoms with Gasteiger partial charge in [-0.05, 0) is 148 Å². The first-order valence-electron chi connectivity index (χ1n) is 14.1. The summed E-state index contributed by atoms with van der Waals surface area (Å²) < 4.78 is 0. The molecule has 0 fully saturated rings. The van der Waals surface area contributed by atoms with Crippen LogP contribution < -0.4 is 0 Å². The van der Waals surface area contributed by atoms with Gasteiger partial charge in [0, 0.05) is 5.41 Å². The van der Waals surface area contributed by atoms with Gasteiger partial charge in [0.05, 0.1) is 0 Å². The maximum absolute atomic E-state index is 9.69. The van der Waals surface area contributed by atoms with E-state index in [1.165, 1.54) is 50.1 Å². The molecule has 0 heterocycles. The number of phenolic OH excluding ortho intramolecular Hbond substituents is 4. The lowest BCUT2D eigenvalue weighted by Crippen LogP contribution is -2.25. The number of fused-ring (bicyclic) bond motifs is 4. The van der Waals surface area contributed by atoms with Crippen LogP contribution in [0.3, 0.4) is 0 Å². The van der Waals surface area contributed by atoms with Crippen molar-refractivity contribution in [2.24, 2.45) is 10.8 Å². The molecule has 0 saturated heterocycles. The zero-order valence-corrected chi connectivity index (χ0v) is 22.7. The molecule has 4 aliphatic carbocycles. The van der Waals surface area contributed by atoms with E-state index in [1.807, 2.05) is 36.4 Å². The third kappa shape index (κ3) is 3.81. The summed E-state index contributed by atoms with van der Waals surface area (Å²) in [7, 11) is 0. The van der Waals surface area contributed by atoms with Gasteiger partial charge in [-0.3, -0.25) is 0 Å². The van der Waals surface area contributed by atoms with E-state index in [4.69, 9.17) is 0 Å².